The van der Waals surface area contributed by atoms with E-state index in [0.717, 1.165) is 32.0 Å². The van der Waals surface area contributed by atoms with Gasteiger partial charge >= 0.3 is 0 Å². The molecular weight excluding hydrogens is 260 g/mol. The highest BCUT2D eigenvalue weighted by Crippen LogP contribution is 2.25. The topological polar surface area (TPSA) is 18.5 Å². The van der Waals surface area contributed by atoms with Gasteiger partial charge in [-0.1, -0.05) is 57.6 Å². The summed E-state index contributed by atoms with van der Waals surface area (Å²) in [5, 5.41) is 0. The van der Waals surface area contributed by atoms with Crippen LogP contribution < -0.4 is 0 Å². The minimum absolute atomic E-state index is 0.327. The van der Waals surface area contributed by atoms with Crippen molar-refractivity contribution >= 4 is 0 Å². The van der Waals surface area contributed by atoms with E-state index in [1.807, 2.05) is 0 Å². The third-order valence-corrected chi connectivity index (χ3v) is 4.54. The number of unbranched alkanes of at least 4 members (excludes halogenated alkanes) is 2. The Balaban J connectivity index is 2.02. The van der Waals surface area contributed by atoms with Gasteiger partial charge in [-0.25, -0.2) is 0 Å². The Labute approximate surface area is 132 Å². The Kier molecular flexibility index (Phi) is 9.26. The molecule has 1 heterocycles. The molecule has 1 fully saturated rings. The highest BCUT2D eigenvalue weighted by molar-refractivity contribution is 4.98. The summed E-state index contributed by atoms with van der Waals surface area (Å²) in [5.41, 5.74) is 1.53. The molecule has 0 aromatic carbocycles. The molecule has 0 amide bonds. The monoisotopic (exact) mass is 296 g/mol. The van der Waals surface area contributed by atoms with E-state index in [9.17, 15) is 0 Å². The quantitative estimate of drug-likeness (QED) is 0.351. The SMILES string of the molecule is CCCC(C)CCCCCC(C)=CCCC1(C)OCCO1. The Bertz CT molecular complexity index is 290. The first-order chi connectivity index (χ1) is 10.1. The molecule has 1 aliphatic heterocycles. The Morgan fingerprint density at radius 3 is 2.52 bits per heavy atom. The molecule has 1 atom stereocenters. The largest absolute Gasteiger partial charge is 0.348 e. The number of rotatable bonds is 11. The molecule has 0 N–H and O–H groups in total. The molecule has 0 radical (unpaired) electrons. The summed E-state index contributed by atoms with van der Waals surface area (Å²) < 4.78 is 11.3. The van der Waals surface area contributed by atoms with Crippen molar-refractivity contribution in [2.24, 2.45) is 5.92 Å². The lowest BCUT2D eigenvalue weighted by Gasteiger charge is -2.21. The molecule has 21 heavy (non-hydrogen) atoms. The first-order valence-electron chi connectivity index (χ1n) is 8.99. The molecular formula is C19H36O2. The van der Waals surface area contributed by atoms with Gasteiger partial charge < -0.3 is 9.47 Å². The van der Waals surface area contributed by atoms with Crippen LogP contribution >= 0.6 is 0 Å². The molecule has 1 unspecified atom stereocenters. The summed E-state index contributed by atoms with van der Waals surface area (Å²) in [6.45, 7) is 10.5. The Morgan fingerprint density at radius 1 is 1.14 bits per heavy atom. The standard InChI is InChI=1S/C19H36O2/c1-5-10-17(2)11-7-6-8-12-18(3)13-9-14-19(4)20-15-16-21-19/h13,17H,5-12,14-16H2,1-4H3. The van der Waals surface area contributed by atoms with Crippen LogP contribution in [0.2, 0.25) is 0 Å². The van der Waals surface area contributed by atoms with Gasteiger partial charge in [0.1, 0.15) is 0 Å². The maximum absolute atomic E-state index is 5.63. The zero-order chi connectivity index (χ0) is 15.6. The minimum Gasteiger partial charge on any atom is -0.348 e. The molecule has 1 saturated heterocycles. The van der Waals surface area contributed by atoms with E-state index >= 15 is 0 Å². The fourth-order valence-corrected chi connectivity index (χ4v) is 3.09. The van der Waals surface area contributed by atoms with Crippen LogP contribution in [0.1, 0.15) is 85.5 Å². The number of ether oxygens (including phenoxy) is 2. The van der Waals surface area contributed by atoms with Crippen molar-refractivity contribution in [3.63, 3.8) is 0 Å². The highest BCUT2D eigenvalue weighted by Gasteiger charge is 2.29. The summed E-state index contributed by atoms with van der Waals surface area (Å²) in [6, 6.07) is 0. The van der Waals surface area contributed by atoms with E-state index in [2.05, 4.69) is 33.8 Å². The summed E-state index contributed by atoms with van der Waals surface area (Å²) in [6.07, 6.45) is 13.9. The molecule has 1 rings (SSSR count). The lowest BCUT2D eigenvalue weighted by molar-refractivity contribution is -0.145. The van der Waals surface area contributed by atoms with Gasteiger partial charge in [0.25, 0.3) is 0 Å². The molecule has 2 heteroatoms. The van der Waals surface area contributed by atoms with Gasteiger partial charge in [-0.3, -0.25) is 0 Å². The highest BCUT2D eigenvalue weighted by atomic mass is 16.7. The van der Waals surface area contributed by atoms with Crippen molar-refractivity contribution in [1.82, 2.24) is 0 Å². The van der Waals surface area contributed by atoms with Crippen LogP contribution in [0.5, 0.6) is 0 Å². The van der Waals surface area contributed by atoms with Crippen LogP contribution in [0.15, 0.2) is 11.6 Å². The van der Waals surface area contributed by atoms with E-state index < -0.39 is 0 Å². The summed E-state index contributed by atoms with van der Waals surface area (Å²) >= 11 is 0. The first-order valence-corrected chi connectivity index (χ1v) is 8.99. The van der Waals surface area contributed by atoms with Crippen molar-refractivity contribution in [3.05, 3.63) is 11.6 Å². The first kappa shape index (κ1) is 18.7. The van der Waals surface area contributed by atoms with Crippen molar-refractivity contribution in [2.45, 2.75) is 91.3 Å². The second kappa shape index (κ2) is 10.4. The second-order valence-electron chi connectivity index (χ2n) is 6.91. The number of hydrogen-bond acceptors (Lipinski definition) is 2. The normalized spacial score (nSPS) is 19.9. The van der Waals surface area contributed by atoms with Gasteiger partial charge in [-0.15, -0.1) is 0 Å². The van der Waals surface area contributed by atoms with Crippen LogP contribution in [-0.2, 0) is 9.47 Å². The fourth-order valence-electron chi connectivity index (χ4n) is 3.09. The average molecular weight is 296 g/mol. The van der Waals surface area contributed by atoms with Crippen LogP contribution in [-0.4, -0.2) is 19.0 Å². The van der Waals surface area contributed by atoms with E-state index in [0.29, 0.717) is 0 Å². The molecule has 0 bridgehead atoms. The van der Waals surface area contributed by atoms with Crippen LogP contribution in [0.4, 0.5) is 0 Å². The Hall–Kier alpha value is -0.340. The van der Waals surface area contributed by atoms with E-state index in [1.165, 1.54) is 50.5 Å². The van der Waals surface area contributed by atoms with Gasteiger partial charge in [0.15, 0.2) is 5.79 Å². The van der Waals surface area contributed by atoms with Crippen LogP contribution in [0.25, 0.3) is 0 Å². The van der Waals surface area contributed by atoms with Crippen molar-refractivity contribution < 1.29 is 9.47 Å². The zero-order valence-electron chi connectivity index (χ0n) is 14.7. The van der Waals surface area contributed by atoms with Gasteiger partial charge in [0.05, 0.1) is 13.2 Å². The molecule has 0 aliphatic carbocycles. The molecule has 0 spiro atoms. The predicted octanol–water partition coefficient (Wildman–Crippen LogP) is 5.86. The van der Waals surface area contributed by atoms with E-state index in [1.54, 1.807) is 0 Å². The molecule has 1 aliphatic rings. The van der Waals surface area contributed by atoms with E-state index in [-0.39, 0.29) is 5.79 Å². The number of hydrogen-bond donors (Lipinski definition) is 0. The lowest BCUT2D eigenvalue weighted by Crippen LogP contribution is -2.24. The van der Waals surface area contributed by atoms with Crippen molar-refractivity contribution in [3.8, 4) is 0 Å². The Morgan fingerprint density at radius 2 is 1.86 bits per heavy atom. The van der Waals surface area contributed by atoms with E-state index in [4.69, 9.17) is 9.47 Å². The molecule has 124 valence electrons. The van der Waals surface area contributed by atoms with Gasteiger partial charge in [0, 0.05) is 6.42 Å². The van der Waals surface area contributed by atoms with Crippen molar-refractivity contribution in [2.75, 3.05) is 13.2 Å². The van der Waals surface area contributed by atoms with Gasteiger partial charge in [-0.05, 0) is 39.0 Å². The molecule has 0 aromatic heterocycles. The maximum Gasteiger partial charge on any atom is 0.166 e. The molecule has 2 nitrogen and oxygen atoms in total. The lowest BCUT2D eigenvalue weighted by atomic mass is 9.97. The number of allylic oxidation sites excluding steroid dienone is 2. The molecule has 0 saturated carbocycles. The summed E-state index contributed by atoms with van der Waals surface area (Å²) in [5.74, 6) is 0.588. The van der Waals surface area contributed by atoms with Crippen molar-refractivity contribution in [1.29, 1.82) is 0 Å². The smallest absolute Gasteiger partial charge is 0.166 e. The predicted molar refractivity (Wildman–Crippen MR) is 90.5 cm³/mol. The third-order valence-electron chi connectivity index (χ3n) is 4.54. The summed E-state index contributed by atoms with van der Waals surface area (Å²) in [4.78, 5) is 0. The fraction of sp³-hybridized carbons (Fsp3) is 0.895. The van der Waals surface area contributed by atoms with Crippen LogP contribution in [0, 0.1) is 5.92 Å². The zero-order valence-corrected chi connectivity index (χ0v) is 14.7. The minimum atomic E-state index is -0.327. The van der Waals surface area contributed by atoms with Crippen LogP contribution in [0.3, 0.4) is 0 Å². The average Bonchev–Trinajstić information content (AvgIpc) is 2.85. The van der Waals surface area contributed by atoms with Gasteiger partial charge in [-0.2, -0.15) is 0 Å². The summed E-state index contributed by atoms with van der Waals surface area (Å²) in [7, 11) is 0. The second-order valence-corrected chi connectivity index (χ2v) is 6.91. The third kappa shape index (κ3) is 8.63. The van der Waals surface area contributed by atoms with Gasteiger partial charge in [0.2, 0.25) is 0 Å². The maximum atomic E-state index is 5.63. The molecule has 0 aromatic rings.